The summed E-state index contributed by atoms with van der Waals surface area (Å²) >= 11 is 0. The van der Waals surface area contributed by atoms with Crippen molar-refractivity contribution in [3.63, 3.8) is 0 Å². The maximum atomic E-state index is 10.9. The number of benzene rings is 2. The summed E-state index contributed by atoms with van der Waals surface area (Å²) in [6, 6.07) is 13.5. The quantitative estimate of drug-likeness (QED) is 0.601. The molecule has 116 valence electrons. The summed E-state index contributed by atoms with van der Waals surface area (Å²) in [5.41, 5.74) is 2.72. The Labute approximate surface area is 130 Å². The van der Waals surface area contributed by atoms with E-state index >= 15 is 0 Å². The third-order valence-corrected chi connectivity index (χ3v) is 3.36. The molecular formula is C18H20O4. The van der Waals surface area contributed by atoms with Crippen molar-refractivity contribution in [2.75, 3.05) is 13.4 Å². The molecule has 0 spiro atoms. The summed E-state index contributed by atoms with van der Waals surface area (Å²) < 4.78 is 10.5. The molecule has 0 aliphatic carbocycles. The number of rotatable bonds is 8. The van der Waals surface area contributed by atoms with Crippen molar-refractivity contribution < 1.29 is 19.4 Å². The third-order valence-electron chi connectivity index (χ3n) is 3.36. The summed E-state index contributed by atoms with van der Waals surface area (Å²) in [6.07, 6.45) is 2.43. The maximum absolute atomic E-state index is 10.9. The molecule has 0 atom stereocenters. The lowest BCUT2D eigenvalue weighted by Crippen LogP contribution is -2.00. The van der Waals surface area contributed by atoms with Crippen molar-refractivity contribution in [3.05, 3.63) is 59.2 Å². The number of ether oxygens (including phenoxy) is 2. The molecule has 0 bridgehead atoms. The van der Waals surface area contributed by atoms with Gasteiger partial charge in [-0.25, -0.2) is 0 Å². The Balaban J connectivity index is 2.01. The van der Waals surface area contributed by atoms with Crippen LogP contribution in [0.2, 0.25) is 0 Å². The van der Waals surface area contributed by atoms with Gasteiger partial charge >= 0.3 is 0 Å². The predicted octanol–water partition coefficient (Wildman–Crippen LogP) is 3.01. The molecule has 0 aliphatic rings. The van der Waals surface area contributed by atoms with Crippen LogP contribution in [0.25, 0.3) is 0 Å². The predicted molar refractivity (Wildman–Crippen MR) is 84.6 cm³/mol. The average Bonchev–Trinajstić information content (AvgIpc) is 2.55. The van der Waals surface area contributed by atoms with Crippen LogP contribution in [0.1, 0.15) is 28.4 Å². The van der Waals surface area contributed by atoms with Crippen molar-refractivity contribution >= 4 is 6.29 Å². The van der Waals surface area contributed by atoms with Crippen LogP contribution in [0.4, 0.5) is 0 Å². The Kier molecular flexibility index (Phi) is 5.98. The molecular weight excluding hydrogens is 280 g/mol. The van der Waals surface area contributed by atoms with Crippen molar-refractivity contribution in [1.82, 2.24) is 0 Å². The number of hydrogen-bond donors (Lipinski definition) is 1. The largest absolute Gasteiger partial charge is 0.494 e. The summed E-state index contributed by atoms with van der Waals surface area (Å²) in [4.78, 5) is 10.9. The van der Waals surface area contributed by atoms with E-state index in [1.807, 2.05) is 25.1 Å². The lowest BCUT2D eigenvalue weighted by molar-refractivity contribution is 0.0958. The number of aldehydes is 1. The van der Waals surface area contributed by atoms with Gasteiger partial charge in [0, 0.05) is 0 Å². The van der Waals surface area contributed by atoms with Gasteiger partial charge in [-0.1, -0.05) is 18.2 Å². The Bertz CT molecular complexity index is 605. The van der Waals surface area contributed by atoms with Crippen LogP contribution in [-0.4, -0.2) is 24.8 Å². The van der Waals surface area contributed by atoms with E-state index in [0.717, 1.165) is 30.4 Å². The van der Waals surface area contributed by atoms with E-state index in [0.29, 0.717) is 17.9 Å². The molecule has 0 heterocycles. The molecule has 1 N–H and O–H groups in total. The molecule has 22 heavy (non-hydrogen) atoms. The molecule has 2 aromatic carbocycles. The van der Waals surface area contributed by atoms with E-state index in [-0.39, 0.29) is 0 Å². The van der Waals surface area contributed by atoms with Gasteiger partial charge in [-0.05, 0) is 55.2 Å². The average molecular weight is 300 g/mol. The van der Waals surface area contributed by atoms with Crippen LogP contribution in [0.15, 0.2) is 42.5 Å². The minimum atomic E-state index is -0.441. The molecule has 0 saturated carbocycles. The number of hydrogen-bond acceptors (Lipinski definition) is 4. The van der Waals surface area contributed by atoms with Gasteiger partial charge in [0.25, 0.3) is 0 Å². The molecule has 0 aromatic heterocycles. The Morgan fingerprint density at radius 1 is 1.00 bits per heavy atom. The van der Waals surface area contributed by atoms with Crippen LogP contribution < -0.4 is 9.47 Å². The molecule has 2 aromatic rings. The van der Waals surface area contributed by atoms with E-state index in [4.69, 9.17) is 14.6 Å². The fourth-order valence-corrected chi connectivity index (χ4v) is 2.23. The highest BCUT2D eigenvalue weighted by atomic mass is 16.6. The van der Waals surface area contributed by atoms with Crippen molar-refractivity contribution in [3.8, 4) is 11.5 Å². The Hall–Kier alpha value is -2.33. The number of carbonyl (C=O) groups is 1. The van der Waals surface area contributed by atoms with Gasteiger partial charge < -0.3 is 14.6 Å². The van der Waals surface area contributed by atoms with E-state index in [1.54, 1.807) is 12.1 Å². The highest BCUT2D eigenvalue weighted by molar-refractivity contribution is 5.79. The SMILES string of the molecule is CCOc1ccc(CCc2ccc(C=O)c(OCO)c2)cc1. The molecule has 4 nitrogen and oxygen atoms in total. The van der Waals surface area contributed by atoms with E-state index in [2.05, 4.69) is 12.1 Å². The van der Waals surface area contributed by atoms with E-state index in [9.17, 15) is 4.79 Å². The number of carbonyl (C=O) groups excluding carboxylic acids is 1. The van der Waals surface area contributed by atoms with Gasteiger partial charge in [0.1, 0.15) is 11.5 Å². The van der Waals surface area contributed by atoms with Crippen LogP contribution in [0.3, 0.4) is 0 Å². The molecule has 0 radical (unpaired) electrons. The summed E-state index contributed by atoms with van der Waals surface area (Å²) in [7, 11) is 0. The van der Waals surface area contributed by atoms with Crippen LogP contribution in [0.5, 0.6) is 11.5 Å². The fourth-order valence-electron chi connectivity index (χ4n) is 2.23. The van der Waals surface area contributed by atoms with E-state index < -0.39 is 6.79 Å². The van der Waals surface area contributed by atoms with Crippen LogP contribution >= 0.6 is 0 Å². The molecule has 4 heteroatoms. The summed E-state index contributed by atoms with van der Waals surface area (Å²) in [5, 5.41) is 8.86. The topological polar surface area (TPSA) is 55.8 Å². The summed E-state index contributed by atoms with van der Waals surface area (Å²) in [5.74, 6) is 1.29. The summed E-state index contributed by atoms with van der Waals surface area (Å²) in [6.45, 7) is 2.18. The maximum Gasteiger partial charge on any atom is 0.186 e. The Morgan fingerprint density at radius 3 is 2.32 bits per heavy atom. The second-order valence-corrected chi connectivity index (χ2v) is 4.84. The van der Waals surface area contributed by atoms with Gasteiger partial charge in [0.15, 0.2) is 13.1 Å². The van der Waals surface area contributed by atoms with Gasteiger partial charge in [0.2, 0.25) is 0 Å². The molecule has 2 rings (SSSR count). The zero-order valence-electron chi connectivity index (χ0n) is 12.6. The molecule has 0 aliphatic heterocycles. The van der Waals surface area contributed by atoms with Crippen molar-refractivity contribution in [1.29, 1.82) is 0 Å². The smallest absolute Gasteiger partial charge is 0.186 e. The first-order chi connectivity index (χ1) is 10.8. The second kappa shape index (κ2) is 8.20. The highest BCUT2D eigenvalue weighted by Crippen LogP contribution is 2.20. The van der Waals surface area contributed by atoms with Gasteiger partial charge in [0.05, 0.1) is 12.2 Å². The van der Waals surface area contributed by atoms with Gasteiger partial charge in [-0.15, -0.1) is 0 Å². The standard InChI is InChI=1S/C18H20O4/c1-2-21-17-9-6-14(7-10-17)3-4-15-5-8-16(12-19)18(11-15)22-13-20/h5-12,20H,2-4,13H2,1H3. The van der Waals surface area contributed by atoms with Crippen LogP contribution in [0, 0.1) is 0 Å². The first-order valence-corrected chi connectivity index (χ1v) is 7.30. The lowest BCUT2D eigenvalue weighted by atomic mass is 10.0. The second-order valence-electron chi connectivity index (χ2n) is 4.84. The number of aliphatic hydroxyl groups is 1. The number of aliphatic hydroxyl groups excluding tert-OH is 1. The van der Waals surface area contributed by atoms with Crippen LogP contribution in [-0.2, 0) is 12.8 Å². The first kappa shape index (κ1) is 16.0. The van der Waals surface area contributed by atoms with Crippen molar-refractivity contribution in [2.45, 2.75) is 19.8 Å². The van der Waals surface area contributed by atoms with Crippen molar-refractivity contribution in [2.24, 2.45) is 0 Å². The molecule has 0 saturated heterocycles. The monoisotopic (exact) mass is 300 g/mol. The molecule has 0 amide bonds. The molecule has 0 fully saturated rings. The van der Waals surface area contributed by atoms with E-state index in [1.165, 1.54) is 5.56 Å². The van der Waals surface area contributed by atoms with Gasteiger partial charge in [-0.3, -0.25) is 4.79 Å². The normalized spacial score (nSPS) is 10.3. The third kappa shape index (κ3) is 4.33. The van der Waals surface area contributed by atoms with Gasteiger partial charge in [-0.2, -0.15) is 0 Å². The zero-order chi connectivity index (χ0) is 15.8. The minimum absolute atomic E-state index is 0.418. The fraction of sp³-hybridized carbons (Fsp3) is 0.278. The Morgan fingerprint density at radius 2 is 1.68 bits per heavy atom. The number of aryl methyl sites for hydroxylation is 2. The highest BCUT2D eigenvalue weighted by Gasteiger charge is 2.05. The molecule has 0 unspecified atom stereocenters. The zero-order valence-corrected chi connectivity index (χ0v) is 12.6. The minimum Gasteiger partial charge on any atom is -0.494 e. The lowest BCUT2D eigenvalue weighted by Gasteiger charge is -2.09. The first-order valence-electron chi connectivity index (χ1n) is 7.30.